The van der Waals surface area contributed by atoms with Gasteiger partial charge in [-0.25, -0.2) is 4.98 Å². The van der Waals surface area contributed by atoms with Crippen molar-refractivity contribution in [3.8, 4) is 0 Å². The highest BCUT2D eigenvalue weighted by Crippen LogP contribution is 2.29. The summed E-state index contributed by atoms with van der Waals surface area (Å²) in [7, 11) is -3.43. The average molecular weight is 369 g/mol. The summed E-state index contributed by atoms with van der Waals surface area (Å²) in [5.74, 6) is 0.309. The van der Waals surface area contributed by atoms with Crippen molar-refractivity contribution < 1.29 is 13.2 Å². The number of nitrogens with two attached hydrogens (primary N) is 1. The molecule has 3 heterocycles. The Balaban J connectivity index is 1.74. The molecule has 2 saturated heterocycles. The van der Waals surface area contributed by atoms with Crippen molar-refractivity contribution in [2.75, 3.05) is 26.2 Å². The summed E-state index contributed by atoms with van der Waals surface area (Å²) < 4.78 is 31.0. The number of hydrogen-bond acceptors (Lipinski definition) is 4. The van der Waals surface area contributed by atoms with Crippen LogP contribution in [0, 0.1) is 0 Å². The van der Waals surface area contributed by atoms with Crippen LogP contribution in [0.2, 0.25) is 0 Å². The summed E-state index contributed by atoms with van der Waals surface area (Å²) in [6.45, 7) is 2.25. The van der Waals surface area contributed by atoms with Crippen LogP contribution in [-0.2, 0) is 21.5 Å². The maximum absolute atomic E-state index is 13.0. The number of aromatic nitrogens is 2. The number of piperidine rings is 1. The number of amides is 1. The first-order valence-corrected chi connectivity index (χ1v) is 10.4. The minimum Gasteiger partial charge on any atom is -0.368 e. The lowest BCUT2D eigenvalue weighted by atomic mass is 9.99. The molecular formula is C16H27N5O3S. The lowest BCUT2D eigenvalue weighted by Crippen LogP contribution is -2.48. The van der Waals surface area contributed by atoms with Crippen molar-refractivity contribution in [1.82, 2.24) is 18.2 Å². The van der Waals surface area contributed by atoms with Crippen LogP contribution in [0.15, 0.2) is 12.4 Å². The molecule has 2 aliphatic rings. The van der Waals surface area contributed by atoms with E-state index in [9.17, 15) is 13.2 Å². The van der Waals surface area contributed by atoms with Gasteiger partial charge in [0.2, 0.25) is 5.91 Å². The van der Waals surface area contributed by atoms with Crippen molar-refractivity contribution in [1.29, 1.82) is 0 Å². The molecule has 1 aromatic rings. The Morgan fingerprint density at radius 2 is 1.80 bits per heavy atom. The average Bonchev–Trinajstić information content (AvgIpc) is 2.85. The fraction of sp³-hybridized carbons (Fsp3) is 0.750. The van der Waals surface area contributed by atoms with Crippen molar-refractivity contribution >= 4 is 16.1 Å². The molecule has 1 aromatic heterocycles. The van der Waals surface area contributed by atoms with E-state index in [-0.39, 0.29) is 12.5 Å². The van der Waals surface area contributed by atoms with E-state index >= 15 is 0 Å². The van der Waals surface area contributed by atoms with Crippen LogP contribution in [0.5, 0.6) is 0 Å². The summed E-state index contributed by atoms with van der Waals surface area (Å²) in [6.07, 6.45) is 9.07. The van der Waals surface area contributed by atoms with Crippen molar-refractivity contribution in [2.24, 2.45) is 5.73 Å². The van der Waals surface area contributed by atoms with Gasteiger partial charge in [0.25, 0.3) is 10.2 Å². The molecule has 2 fully saturated rings. The summed E-state index contributed by atoms with van der Waals surface area (Å²) in [5.41, 5.74) is 5.29. The first-order valence-electron chi connectivity index (χ1n) is 9.03. The minimum absolute atomic E-state index is 0.00940. The number of rotatable bonds is 5. The zero-order chi connectivity index (χ0) is 17.9. The van der Waals surface area contributed by atoms with E-state index in [1.807, 2.05) is 0 Å². The van der Waals surface area contributed by atoms with E-state index in [1.165, 1.54) is 0 Å². The molecule has 25 heavy (non-hydrogen) atoms. The van der Waals surface area contributed by atoms with E-state index in [2.05, 4.69) is 4.98 Å². The van der Waals surface area contributed by atoms with Crippen LogP contribution in [-0.4, -0.2) is 58.7 Å². The molecule has 0 radical (unpaired) electrons. The van der Waals surface area contributed by atoms with Gasteiger partial charge in [0.1, 0.15) is 12.4 Å². The Hall–Kier alpha value is -1.45. The molecule has 0 aliphatic carbocycles. The van der Waals surface area contributed by atoms with E-state index in [0.29, 0.717) is 26.2 Å². The molecule has 1 atom stereocenters. The summed E-state index contributed by atoms with van der Waals surface area (Å²) >= 11 is 0. The fourth-order valence-corrected chi connectivity index (χ4v) is 5.56. The van der Waals surface area contributed by atoms with Crippen LogP contribution in [0.4, 0.5) is 0 Å². The van der Waals surface area contributed by atoms with Gasteiger partial charge >= 0.3 is 0 Å². The van der Waals surface area contributed by atoms with Gasteiger partial charge in [-0.3, -0.25) is 4.79 Å². The monoisotopic (exact) mass is 369 g/mol. The lowest BCUT2D eigenvalue weighted by Gasteiger charge is -2.35. The molecule has 3 rings (SSSR count). The van der Waals surface area contributed by atoms with Crippen LogP contribution in [0.1, 0.15) is 50.3 Å². The topological polar surface area (TPSA) is 102 Å². The number of carbonyl (C=O) groups excluding carboxylic acids is 1. The zero-order valence-corrected chi connectivity index (χ0v) is 15.3. The molecular weight excluding hydrogens is 342 g/mol. The molecule has 1 amide bonds. The van der Waals surface area contributed by atoms with Crippen molar-refractivity contribution in [3.05, 3.63) is 18.2 Å². The maximum Gasteiger partial charge on any atom is 0.281 e. The number of imidazole rings is 1. The SMILES string of the molecule is NC(=O)Cn1ccnc1[C@H]1CCCN(S(=O)(=O)N2CCCCCC2)C1. The highest BCUT2D eigenvalue weighted by Gasteiger charge is 2.35. The van der Waals surface area contributed by atoms with E-state index in [4.69, 9.17) is 5.73 Å². The first-order chi connectivity index (χ1) is 12.0. The predicted octanol–water partition coefficient (Wildman–Crippen LogP) is 0.669. The van der Waals surface area contributed by atoms with Gasteiger partial charge in [-0.1, -0.05) is 12.8 Å². The predicted molar refractivity (Wildman–Crippen MR) is 93.9 cm³/mol. The van der Waals surface area contributed by atoms with Gasteiger partial charge in [0, 0.05) is 44.5 Å². The Bertz CT molecular complexity index is 694. The molecule has 2 N–H and O–H groups in total. The Morgan fingerprint density at radius 3 is 2.48 bits per heavy atom. The molecule has 0 bridgehead atoms. The lowest BCUT2D eigenvalue weighted by molar-refractivity contribution is -0.118. The Kier molecular flexibility index (Phi) is 5.75. The van der Waals surface area contributed by atoms with Gasteiger partial charge < -0.3 is 10.3 Å². The second-order valence-corrected chi connectivity index (χ2v) is 8.83. The second-order valence-electron chi connectivity index (χ2n) is 6.90. The highest BCUT2D eigenvalue weighted by atomic mass is 32.2. The summed E-state index contributed by atoms with van der Waals surface area (Å²) in [5, 5.41) is 0. The van der Waals surface area contributed by atoms with E-state index in [1.54, 1.807) is 25.6 Å². The molecule has 8 nitrogen and oxygen atoms in total. The Morgan fingerprint density at radius 1 is 1.12 bits per heavy atom. The summed E-state index contributed by atoms with van der Waals surface area (Å²) in [6, 6.07) is 0. The third-order valence-electron chi connectivity index (χ3n) is 5.04. The third kappa shape index (κ3) is 4.21. The zero-order valence-electron chi connectivity index (χ0n) is 14.5. The van der Waals surface area contributed by atoms with Crippen LogP contribution in [0.25, 0.3) is 0 Å². The number of carbonyl (C=O) groups is 1. The highest BCUT2D eigenvalue weighted by molar-refractivity contribution is 7.86. The molecule has 0 unspecified atom stereocenters. The smallest absolute Gasteiger partial charge is 0.281 e. The normalized spacial score (nSPS) is 24.1. The number of primary amides is 1. The van der Waals surface area contributed by atoms with Crippen LogP contribution in [0.3, 0.4) is 0 Å². The molecule has 2 aliphatic heterocycles. The molecule has 140 valence electrons. The van der Waals surface area contributed by atoms with E-state index < -0.39 is 16.1 Å². The fourth-order valence-electron chi connectivity index (χ4n) is 3.78. The van der Waals surface area contributed by atoms with Crippen LogP contribution >= 0.6 is 0 Å². The molecule has 0 aromatic carbocycles. The second kappa shape index (κ2) is 7.84. The third-order valence-corrected chi connectivity index (χ3v) is 7.04. The summed E-state index contributed by atoms with van der Waals surface area (Å²) in [4.78, 5) is 15.6. The van der Waals surface area contributed by atoms with Crippen molar-refractivity contribution in [2.45, 2.75) is 51.0 Å². The van der Waals surface area contributed by atoms with Gasteiger partial charge in [0.05, 0.1) is 0 Å². The van der Waals surface area contributed by atoms with Gasteiger partial charge in [-0.15, -0.1) is 0 Å². The van der Waals surface area contributed by atoms with Crippen LogP contribution < -0.4 is 5.73 Å². The minimum atomic E-state index is -3.43. The molecule has 9 heteroatoms. The molecule has 0 spiro atoms. The quantitative estimate of drug-likeness (QED) is 0.824. The Labute approximate surface area is 149 Å². The molecule has 0 saturated carbocycles. The largest absolute Gasteiger partial charge is 0.368 e. The van der Waals surface area contributed by atoms with E-state index in [0.717, 1.165) is 44.3 Å². The van der Waals surface area contributed by atoms with Gasteiger partial charge in [-0.2, -0.15) is 17.0 Å². The van der Waals surface area contributed by atoms with Gasteiger partial charge in [0.15, 0.2) is 0 Å². The van der Waals surface area contributed by atoms with Gasteiger partial charge in [-0.05, 0) is 25.7 Å². The number of hydrogen-bond donors (Lipinski definition) is 1. The maximum atomic E-state index is 13.0. The van der Waals surface area contributed by atoms with Crippen molar-refractivity contribution in [3.63, 3.8) is 0 Å². The first kappa shape index (κ1) is 18.3. The standard InChI is InChI=1S/C16H27N5O3S/c17-15(22)13-19-11-7-18-16(19)14-6-5-10-21(12-14)25(23,24)20-8-3-1-2-4-9-20/h7,11,14H,1-6,8-10,12-13H2,(H2,17,22)/t14-/m0/s1. The number of nitrogens with zero attached hydrogens (tertiary/aromatic N) is 4.